The maximum Gasteiger partial charge on any atom is 0.252 e. The molecule has 1 amide bonds. The third-order valence-electron chi connectivity index (χ3n) is 2.47. The molecule has 1 N–H and O–H groups in total. The summed E-state index contributed by atoms with van der Waals surface area (Å²) in [5.74, 6) is 2.67. The molecule has 1 aromatic heterocycles. The van der Waals surface area contributed by atoms with E-state index in [1.54, 1.807) is 18.0 Å². The molecule has 0 aliphatic rings. The van der Waals surface area contributed by atoms with Gasteiger partial charge in [0.25, 0.3) is 5.91 Å². The summed E-state index contributed by atoms with van der Waals surface area (Å²) in [6, 6.07) is 11.4. The van der Waals surface area contributed by atoms with Gasteiger partial charge in [-0.25, -0.2) is 0 Å². The maximum atomic E-state index is 11.9. The Kier molecular flexibility index (Phi) is 5.78. The predicted molar refractivity (Wildman–Crippen MR) is 86.4 cm³/mol. The smallest absolute Gasteiger partial charge is 0.252 e. The number of hydrogen-bond acceptors (Lipinski definition) is 3. The summed E-state index contributed by atoms with van der Waals surface area (Å²) in [6.07, 6.45) is 1.68. The molecule has 1 heterocycles. The quantitative estimate of drug-likeness (QED) is 0.609. The monoisotopic (exact) mass is 387 g/mol. The molecule has 100 valence electrons. The molecule has 0 fully saturated rings. The number of amides is 1. The van der Waals surface area contributed by atoms with Crippen molar-refractivity contribution < 1.29 is 9.21 Å². The molecule has 0 aliphatic heterocycles. The molecule has 0 unspecified atom stereocenters. The van der Waals surface area contributed by atoms with Gasteiger partial charge in [-0.3, -0.25) is 4.79 Å². The molecule has 0 radical (unpaired) electrons. The van der Waals surface area contributed by atoms with Crippen LogP contribution < -0.4 is 5.32 Å². The fourth-order valence-corrected chi connectivity index (χ4v) is 2.93. The topological polar surface area (TPSA) is 42.2 Å². The molecule has 0 bridgehead atoms. The van der Waals surface area contributed by atoms with Gasteiger partial charge >= 0.3 is 0 Å². The molecule has 0 saturated heterocycles. The van der Waals surface area contributed by atoms with Gasteiger partial charge in [0.1, 0.15) is 5.76 Å². The summed E-state index contributed by atoms with van der Waals surface area (Å²) in [5, 5.41) is 2.92. The molecule has 2 rings (SSSR count). The van der Waals surface area contributed by atoms with E-state index in [-0.39, 0.29) is 5.91 Å². The van der Waals surface area contributed by atoms with Crippen LogP contribution in [0, 0.1) is 3.57 Å². The molecule has 1 aromatic carbocycles. The summed E-state index contributed by atoms with van der Waals surface area (Å²) in [7, 11) is 0. The molecule has 0 saturated carbocycles. The van der Waals surface area contributed by atoms with Crippen LogP contribution in [-0.2, 0) is 5.75 Å². The van der Waals surface area contributed by atoms with Gasteiger partial charge in [0.2, 0.25) is 0 Å². The Labute approximate surface area is 130 Å². The largest absolute Gasteiger partial charge is 0.468 e. The summed E-state index contributed by atoms with van der Waals surface area (Å²) in [5.41, 5.74) is 0.735. The van der Waals surface area contributed by atoms with Gasteiger partial charge in [-0.1, -0.05) is 12.1 Å². The molecule has 3 nitrogen and oxygen atoms in total. The zero-order valence-corrected chi connectivity index (χ0v) is 13.2. The van der Waals surface area contributed by atoms with E-state index in [2.05, 4.69) is 27.9 Å². The lowest BCUT2D eigenvalue weighted by molar-refractivity contribution is 0.0955. The highest BCUT2D eigenvalue weighted by atomic mass is 127. The van der Waals surface area contributed by atoms with Gasteiger partial charge in [-0.15, -0.1) is 0 Å². The van der Waals surface area contributed by atoms with Crippen molar-refractivity contribution in [2.24, 2.45) is 0 Å². The first kappa shape index (κ1) is 14.5. The van der Waals surface area contributed by atoms with Crippen LogP contribution in [0.4, 0.5) is 0 Å². The normalized spacial score (nSPS) is 10.4. The van der Waals surface area contributed by atoms with E-state index in [1.807, 2.05) is 36.4 Å². The number of nitrogens with one attached hydrogen (secondary N) is 1. The maximum absolute atomic E-state index is 11.9. The first-order valence-electron chi connectivity index (χ1n) is 5.90. The number of rotatable bonds is 6. The fraction of sp³-hybridized carbons (Fsp3) is 0.214. The van der Waals surface area contributed by atoms with Gasteiger partial charge in [0.05, 0.1) is 17.6 Å². The molecule has 19 heavy (non-hydrogen) atoms. The van der Waals surface area contributed by atoms with Gasteiger partial charge in [0.15, 0.2) is 0 Å². The molecular weight excluding hydrogens is 373 g/mol. The van der Waals surface area contributed by atoms with Gasteiger partial charge in [-0.2, -0.15) is 11.8 Å². The van der Waals surface area contributed by atoms with E-state index >= 15 is 0 Å². The highest BCUT2D eigenvalue weighted by molar-refractivity contribution is 14.1. The van der Waals surface area contributed by atoms with E-state index in [0.29, 0.717) is 6.54 Å². The molecule has 5 heteroatoms. The first-order chi connectivity index (χ1) is 9.27. The van der Waals surface area contributed by atoms with Crippen molar-refractivity contribution >= 4 is 40.3 Å². The Balaban J connectivity index is 1.68. The third-order valence-corrected chi connectivity index (χ3v) is 4.40. The average Bonchev–Trinajstić information content (AvgIpc) is 2.92. The van der Waals surface area contributed by atoms with Gasteiger partial charge in [0, 0.05) is 15.9 Å². The highest BCUT2D eigenvalue weighted by Gasteiger charge is 2.07. The Morgan fingerprint density at radius 3 is 2.84 bits per heavy atom. The van der Waals surface area contributed by atoms with Crippen LogP contribution in [0.5, 0.6) is 0 Å². The molecule has 0 spiro atoms. The lowest BCUT2D eigenvalue weighted by atomic mass is 10.2. The summed E-state index contributed by atoms with van der Waals surface area (Å²) >= 11 is 3.91. The molecule has 0 aliphatic carbocycles. The second-order valence-corrected chi connectivity index (χ2v) is 6.14. The van der Waals surface area contributed by atoms with Crippen molar-refractivity contribution in [2.45, 2.75) is 5.75 Å². The lowest BCUT2D eigenvalue weighted by Crippen LogP contribution is -2.26. The van der Waals surface area contributed by atoms with Crippen LogP contribution in [0.3, 0.4) is 0 Å². The van der Waals surface area contributed by atoms with Gasteiger partial charge < -0.3 is 9.73 Å². The minimum atomic E-state index is -0.0106. The van der Waals surface area contributed by atoms with Crippen LogP contribution in [0.1, 0.15) is 16.1 Å². The van der Waals surface area contributed by atoms with E-state index in [0.717, 1.165) is 26.4 Å². The van der Waals surface area contributed by atoms with Crippen LogP contribution in [0.15, 0.2) is 47.1 Å². The van der Waals surface area contributed by atoms with Crippen molar-refractivity contribution in [3.63, 3.8) is 0 Å². The molecule has 0 atom stereocenters. The van der Waals surface area contributed by atoms with Crippen molar-refractivity contribution in [3.8, 4) is 0 Å². The van der Waals surface area contributed by atoms with E-state index in [9.17, 15) is 4.79 Å². The van der Waals surface area contributed by atoms with Gasteiger partial charge in [-0.05, 0) is 46.9 Å². The average molecular weight is 387 g/mol. The van der Waals surface area contributed by atoms with Crippen LogP contribution in [0.2, 0.25) is 0 Å². The van der Waals surface area contributed by atoms with E-state index < -0.39 is 0 Å². The van der Waals surface area contributed by atoms with Crippen molar-refractivity contribution in [2.75, 3.05) is 12.3 Å². The Morgan fingerprint density at radius 2 is 2.11 bits per heavy atom. The highest BCUT2D eigenvalue weighted by Crippen LogP contribution is 2.13. The lowest BCUT2D eigenvalue weighted by Gasteiger charge is -2.06. The Bertz CT molecular complexity index is 528. The summed E-state index contributed by atoms with van der Waals surface area (Å²) in [6.45, 7) is 0.662. The fourth-order valence-electron chi connectivity index (χ4n) is 1.54. The van der Waals surface area contributed by atoms with Crippen LogP contribution in [0.25, 0.3) is 0 Å². The molecule has 2 aromatic rings. The minimum Gasteiger partial charge on any atom is -0.468 e. The third kappa shape index (κ3) is 4.58. The number of carbonyl (C=O) groups is 1. The summed E-state index contributed by atoms with van der Waals surface area (Å²) < 4.78 is 6.21. The predicted octanol–water partition coefficient (Wildman–Crippen LogP) is 3.55. The van der Waals surface area contributed by atoms with Crippen molar-refractivity contribution in [1.82, 2.24) is 5.32 Å². The SMILES string of the molecule is O=C(NCCSCc1ccco1)c1ccccc1I. The number of furan rings is 1. The zero-order valence-electron chi connectivity index (χ0n) is 10.3. The van der Waals surface area contributed by atoms with Crippen LogP contribution in [-0.4, -0.2) is 18.2 Å². The van der Waals surface area contributed by atoms with Crippen LogP contribution >= 0.6 is 34.4 Å². The number of benzene rings is 1. The first-order valence-corrected chi connectivity index (χ1v) is 8.13. The van der Waals surface area contributed by atoms with Crippen molar-refractivity contribution in [1.29, 1.82) is 0 Å². The van der Waals surface area contributed by atoms with Crippen molar-refractivity contribution in [3.05, 3.63) is 57.6 Å². The van der Waals surface area contributed by atoms with E-state index in [4.69, 9.17) is 4.42 Å². The number of thioether (sulfide) groups is 1. The molecular formula is C14H14INO2S. The second kappa shape index (κ2) is 7.59. The van der Waals surface area contributed by atoms with E-state index in [1.165, 1.54) is 0 Å². The summed E-state index contributed by atoms with van der Waals surface area (Å²) in [4.78, 5) is 11.9. The standard InChI is InChI=1S/C14H14INO2S/c15-13-6-2-1-5-12(13)14(17)16-7-9-19-10-11-4-3-8-18-11/h1-6,8H,7,9-10H2,(H,16,17). The zero-order chi connectivity index (χ0) is 13.5. The minimum absolute atomic E-state index is 0.0106. The second-order valence-electron chi connectivity index (χ2n) is 3.87. The Hall–Kier alpha value is -0.950. The number of carbonyl (C=O) groups excluding carboxylic acids is 1. The number of halogens is 1. The number of hydrogen-bond donors (Lipinski definition) is 1. The Morgan fingerprint density at radius 1 is 1.26 bits per heavy atom.